The molecule has 0 aliphatic heterocycles. The predicted octanol–water partition coefficient (Wildman–Crippen LogP) is 0.697. The molecule has 7 heteroatoms. The third-order valence-electron chi connectivity index (χ3n) is 2.84. The minimum atomic E-state index is -3.88. The molecule has 6 nitrogen and oxygen atoms in total. The van der Waals surface area contributed by atoms with Crippen LogP contribution in [0.4, 0.5) is 0 Å². The van der Waals surface area contributed by atoms with E-state index < -0.39 is 28.6 Å². The minimum Gasteiger partial charge on any atom is -0.468 e. The third kappa shape index (κ3) is 5.11. The highest BCUT2D eigenvalue weighted by atomic mass is 32.2. The van der Waals surface area contributed by atoms with Gasteiger partial charge in [-0.05, 0) is 30.0 Å². The van der Waals surface area contributed by atoms with Gasteiger partial charge in [-0.3, -0.25) is 4.79 Å². The predicted molar refractivity (Wildman–Crippen MR) is 78.2 cm³/mol. The molecule has 0 bridgehead atoms. The second-order valence-corrected chi connectivity index (χ2v) is 6.84. The van der Waals surface area contributed by atoms with Gasteiger partial charge in [0.2, 0.25) is 10.0 Å². The Morgan fingerprint density at radius 3 is 2.29 bits per heavy atom. The van der Waals surface area contributed by atoms with Crippen LogP contribution in [-0.2, 0) is 26.0 Å². The fourth-order valence-electron chi connectivity index (χ4n) is 1.83. The van der Waals surface area contributed by atoms with Crippen molar-refractivity contribution in [1.29, 1.82) is 0 Å². The molecule has 2 N–H and O–H groups in total. The number of benzene rings is 1. The van der Waals surface area contributed by atoms with Crippen LogP contribution in [0.3, 0.4) is 0 Å². The van der Waals surface area contributed by atoms with Crippen LogP contribution >= 0.6 is 0 Å². The Hall–Kier alpha value is -1.44. The number of aliphatic hydroxyl groups is 1. The van der Waals surface area contributed by atoms with Gasteiger partial charge in [-0.25, -0.2) is 8.42 Å². The number of ether oxygens (including phenoxy) is 1. The Bertz CT molecular complexity index is 566. The number of carbonyl (C=O) groups is 1. The van der Waals surface area contributed by atoms with Gasteiger partial charge in [-0.2, -0.15) is 4.72 Å². The van der Waals surface area contributed by atoms with Crippen molar-refractivity contribution in [3.8, 4) is 0 Å². The smallest absolute Gasteiger partial charge is 0.326 e. The lowest BCUT2D eigenvalue weighted by atomic mass is 10.0. The van der Waals surface area contributed by atoms with Crippen LogP contribution in [0.2, 0.25) is 0 Å². The first kappa shape index (κ1) is 17.6. The molecule has 0 heterocycles. The summed E-state index contributed by atoms with van der Waals surface area (Å²) in [6.45, 7) is 3.49. The maximum Gasteiger partial charge on any atom is 0.326 e. The molecule has 1 rings (SSSR count). The number of carbonyl (C=O) groups excluding carboxylic acids is 1. The van der Waals surface area contributed by atoms with Crippen LogP contribution in [0.15, 0.2) is 29.2 Å². The van der Waals surface area contributed by atoms with E-state index in [0.29, 0.717) is 5.92 Å². The van der Waals surface area contributed by atoms with Gasteiger partial charge in [0.05, 0.1) is 18.6 Å². The Kier molecular flexibility index (Phi) is 6.32. The maximum absolute atomic E-state index is 12.1. The molecular formula is C14H21NO5S. The molecule has 1 atom stereocenters. The number of nitrogens with one attached hydrogen (secondary N) is 1. The first-order chi connectivity index (χ1) is 9.80. The first-order valence-electron chi connectivity index (χ1n) is 6.60. The molecule has 1 unspecified atom stereocenters. The van der Waals surface area contributed by atoms with Gasteiger partial charge in [-0.1, -0.05) is 26.0 Å². The molecule has 1 aromatic carbocycles. The van der Waals surface area contributed by atoms with Gasteiger partial charge >= 0.3 is 5.97 Å². The van der Waals surface area contributed by atoms with Crippen LogP contribution in [0.1, 0.15) is 19.4 Å². The monoisotopic (exact) mass is 315 g/mol. The third-order valence-corrected chi connectivity index (χ3v) is 4.33. The average Bonchev–Trinajstić information content (AvgIpc) is 2.44. The van der Waals surface area contributed by atoms with Crippen molar-refractivity contribution >= 4 is 16.0 Å². The summed E-state index contributed by atoms with van der Waals surface area (Å²) < 4.78 is 30.8. The molecule has 0 aliphatic rings. The number of hydrogen-bond acceptors (Lipinski definition) is 5. The van der Waals surface area contributed by atoms with Gasteiger partial charge in [0.25, 0.3) is 0 Å². The van der Waals surface area contributed by atoms with Crippen molar-refractivity contribution in [3.05, 3.63) is 29.8 Å². The fraction of sp³-hybridized carbons (Fsp3) is 0.500. The van der Waals surface area contributed by atoms with Crippen LogP contribution in [0, 0.1) is 5.92 Å². The highest BCUT2D eigenvalue weighted by Crippen LogP contribution is 2.14. The van der Waals surface area contributed by atoms with Crippen LogP contribution in [0.5, 0.6) is 0 Å². The summed E-state index contributed by atoms with van der Waals surface area (Å²) in [5.74, 6) is -0.360. The van der Waals surface area contributed by atoms with Crippen molar-refractivity contribution in [1.82, 2.24) is 4.72 Å². The summed E-state index contributed by atoms with van der Waals surface area (Å²) in [6, 6.07) is 5.12. The largest absolute Gasteiger partial charge is 0.468 e. The van der Waals surface area contributed by atoms with E-state index in [2.05, 4.69) is 23.3 Å². The van der Waals surface area contributed by atoms with Crippen molar-refractivity contribution in [2.45, 2.75) is 31.2 Å². The van der Waals surface area contributed by atoms with E-state index in [-0.39, 0.29) is 4.90 Å². The van der Waals surface area contributed by atoms with Crippen LogP contribution in [-0.4, -0.2) is 39.3 Å². The van der Waals surface area contributed by atoms with Crippen LogP contribution < -0.4 is 4.72 Å². The molecule has 0 saturated carbocycles. The number of aliphatic hydroxyl groups excluding tert-OH is 1. The molecular weight excluding hydrogens is 294 g/mol. The van der Waals surface area contributed by atoms with Gasteiger partial charge < -0.3 is 9.84 Å². The van der Waals surface area contributed by atoms with Crippen molar-refractivity contribution in [2.75, 3.05) is 13.7 Å². The van der Waals surface area contributed by atoms with Crippen molar-refractivity contribution < 1.29 is 23.1 Å². The minimum absolute atomic E-state index is 0.0392. The standard InChI is InChI=1S/C14H21NO5S/c1-10(2)8-11-4-6-12(7-5-11)21(18,19)15-13(9-16)14(17)20-3/h4-7,10,13,15-16H,8-9H2,1-3H3. The van der Waals surface area contributed by atoms with E-state index in [4.69, 9.17) is 5.11 Å². The lowest BCUT2D eigenvalue weighted by Crippen LogP contribution is -2.43. The lowest BCUT2D eigenvalue weighted by Gasteiger charge is -2.14. The van der Waals surface area contributed by atoms with Crippen LogP contribution in [0.25, 0.3) is 0 Å². The molecule has 0 fully saturated rings. The van der Waals surface area contributed by atoms with E-state index in [1.807, 2.05) is 0 Å². The summed E-state index contributed by atoms with van der Waals surface area (Å²) in [5.41, 5.74) is 1.04. The zero-order valence-electron chi connectivity index (χ0n) is 12.4. The van der Waals surface area contributed by atoms with Gasteiger partial charge in [0, 0.05) is 0 Å². The van der Waals surface area contributed by atoms with Crippen molar-refractivity contribution in [2.24, 2.45) is 5.92 Å². The molecule has 21 heavy (non-hydrogen) atoms. The van der Waals surface area contributed by atoms with Crippen molar-refractivity contribution in [3.63, 3.8) is 0 Å². The average molecular weight is 315 g/mol. The summed E-state index contributed by atoms with van der Waals surface area (Å²) in [6.07, 6.45) is 0.856. The summed E-state index contributed by atoms with van der Waals surface area (Å²) in [7, 11) is -2.76. The van der Waals surface area contributed by atoms with E-state index in [1.54, 1.807) is 12.1 Å². The molecule has 0 aromatic heterocycles. The normalized spacial score (nSPS) is 13.2. The number of rotatable bonds is 7. The molecule has 118 valence electrons. The molecule has 0 radical (unpaired) electrons. The zero-order valence-corrected chi connectivity index (χ0v) is 13.2. The molecule has 1 aromatic rings. The highest BCUT2D eigenvalue weighted by molar-refractivity contribution is 7.89. The maximum atomic E-state index is 12.1. The van der Waals surface area contributed by atoms with E-state index in [9.17, 15) is 13.2 Å². The number of methoxy groups -OCH3 is 1. The highest BCUT2D eigenvalue weighted by Gasteiger charge is 2.25. The Morgan fingerprint density at radius 1 is 1.29 bits per heavy atom. The number of hydrogen-bond donors (Lipinski definition) is 2. The van der Waals surface area contributed by atoms with Gasteiger partial charge in [0.1, 0.15) is 6.04 Å². The quantitative estimate of drug-likeness (QED) is 0.723. The molecule has 0 aliphatic carbocycles. The first-order valence-corrected chi connectivity index (χ1v) is 8.08. The topological polar surface area (TPSA) is 92.7 Å². The molecule has 0 spiro atoms. The van der Waals surface area contributed by atoms with E-state index in [0.717, 1.165) is 19.1 Å². The van der Waals surface area contributed by atoms with Gasteiger partial charge in [0.15, 0.2) is 0 Å². The Balaban J connectivity index is 2.89. The van der Waals surface area contributed by atoms with Gasteiger partial charge in [-0.15, -0.1) is 0 Å². The second-order valence-electron chi connectivity index (χ2n) is 5.12. The number of sulfonamides is 1. The van der Waals surface area contributed by atoms with E-state index in [1.165, 1.54) is 12.1 Å². The summed E-state index contributed by atoms with van der Waals surface area (Å²) in [5, 5.41) is 9.05. The summed E-state index contributed by atoms with van der Waals surface area (Å²) >= 11 is 0. The Morgan fingerprint density at radius 2 is 1.86 bits per heavy atom. The fourth-order valence-corrected chi connectivity index (χ4v) is 3.01. The lowest BCUT2D eigenvalue weighted by molar-refractivity contribution is -0.143. The zero-order chi connectivity index (χ0) is 16.0. The second kappa shape index (κ2) is 7.53. The Labute approximate surface area is 125 Å². The summed E-state index contributed by atoms with van der Waals surface area (Å²) in [4.78, 5) is 11.4. The molecule has 0 saturated heterocycles. The molecule has 0 amide bonds. The SMILES string of the molecule is COC(=O)C(CO)NS(=O)(=O)c1ccc(CC(C)C)cc1. The number of esters is 1. The van der Waals surface area contributed by atoms with E-state index >= 15 is 0 Å².